The Kier molecular flexibility index (Phi) is 4.02. The lowest BCUT2D eigenvalue weighted by Crippen LogP contribution is -2.42. The second kappa shape index (κ2) is 5.39. The van der Waals surface area contributed by atoms with Crippen molar-refractivity contribution in [3.05, 3.63) is 28.2 Å². The molecular formula is C12H10BrF3N2O. The van der Waals surface area contributed by atoms with E-state index < -0.39 is 17.8 Å². The maximum absolute atomic E-state index is 12.6. The molecule has 1 saturated heterocycles. The molecule has 0 saturated carbocycles. The van der Waals surface area contributed by atoms with Gasteiger partial charge in [-0.25, -0.2) is 0 Å². The molecule has 1 atom stereocenters. The van der Waals surface area contributed by atoms with Crippen molar-refractivity contribution in [1.82, 2.24) is 0 Å². The topological polar surface area (TPSA) is 36.3 Å². The number of halogens is 4. The zero-order chi connectivity index (χ0) is 14.0. The van der Waals surface area contributed by atoms with Crippen LogP contribution in [0.15, 0.2) is 22.7 Å². The zero-order valence-electron chi connectivity index (χ0n) is 9.75. The van der Waals surface area contributed by atoms with Crippen molar-refractivity contribution >= 4 is 21.6 Å². The normalized spacial score (nSPS) is 20.2. The number of morpholine rings is 1. The fourth-order valence-corrected chi connectivity index (χ4v) is 2.52. The summed E-state index contributed by atoms with van der Waals surface area (Å²) in [5, 5.41) is 8.81. The highest BCUT2D eigenvalue weighted by Crippen LogP contribution is 2.35. The Morgan fingerprint density at radius 1 is 1.42 bits per heavy atom. The first-order chi connectivity index (χ1) is 8.91. The summed E-state index contributed by atoms with van der Waals surface area (Å²) in [6.07, 6.45) is -4.91. The third-order valence-corrected chi connectivity index (χ3v) is 3.46. The summed E-state index contributed by atoms with van der Waals surface area (Å²) in [6.45, 7) is 1.27. The lowest BCUT2D eigenvalue weighted by molar-refractivity contribution is -0.137. The first-order valence-electron chi connectivity index (χ1n) is 5.54. The first-order valence-corrected chi connectivity index (χ1v) is 6.34. The SMILES string of the molecule is N#CC1CN(c2ccc(C(F)(F)F)cc2Br)CCO1. The highest BCUT2D eigenvalue weighted by molar-refractivity contribution is 9.10. The predicted molar refractivity (Wildman–Crippen MR) is 66.7 cm³/mol. The van der Waals surface area contributed by atoms with Gasteiger partial charge in [0.2, 0.25) is 0 Å². The number of anilines is 1. The van der Waals surface area contributed by atoms with Gasteiger partial charge in [-0.2, -0.15) is 18.4 Å². The number of rotatable bonds is 1. The zero-order valence-corrected chi connectivity index (χ0v) is 11.3. The van der Waals surface area contributed by atoms with E-state index in [4.69, 9.17) is 10.00 Å². The molecule has 1 aromatic carbocycles. The summed E-state index contributed by atoms with van der Waals surface area (Å²) in [5.74, 6) is 0. The van der Waals surface area contributed by atoms with Crippen LogP contribution in [-0.2, 0) is 10.9 Å². The van der Waals surface area contributed by atoms with Crippen LogP contribution in [0.2, 0.25) is 0 Å². The summed E-state index contributed by atoms with van der Waals surface area (Å²) in [6, 6.07) is 5.50. The van der Waals surface area contributed by atoms with E-state index in [1.165, 1.54) is 6.07 Å². The van der Waals surface area contributed by atoms with Crippen LogP contribution in [0, 0.1) is 11.3 Å². The van der Waals surface area contributed by atoms with Crippen LogP contribution in [-0.4, -0.2) is 25.8 Å². The molecule has 0 aromatic heterocycles. The van der Waals surface area contributed by atoms with Gasteiger partial charge in [-0.05, 0) is 34.1 Å². The van der Waals surface area contributed by atoms with Crippen molar-refractivity contribution in [2.24, 2.45) is 0 Å². The fourth-order valence-electron chi connectivity index (χ4n) is 1.89. The van der Waals surface area contributed by atoms with E-state index in [1.54, 1.807) is 0 Å². The number of nitrogens with zero attached hydrogens (tertiary/aromatic N) is 2. The molecule has 1 aliphatic heterocycles. The average Bonchev–Trinajstić information content (AvgIpc) is 2.37. The molecular weight excluding hydrogens is 325 g/mol. The van der Waals surface area contributed by atoms with Gasteiger partial charge in [0.05, 0.1) is 30.5 Å². The number of ether oxygens (including phenoxy) is 1. The number of alkyl halides is 3. The fraction of sp³-hybridized carbons (Fsp3) is 0.417. The smallest absolute Gasteiger partial charge is 0.365 e. The minimum Gasteiger partial charge on any atom is -0.365 e. The van der Waals surface area contributed by atoms with Crippen LogP contribution in [0.25, 0.3) is 0 Å². The van der Waals surface area contributed by atoms with Gasteiger partial charge in [-0.1, -0.05) is 0 Å². The van der Waals surface area contributed by atoms with Crippen molar-refractivity contribution in [2.75, 3.05) is 24.6 Å². The predicted octanol–water partition coefficient (Wildman–Crippen LogP) is 3.20. The maximum atomic E-state index is 12.6. The van der Waals surface area contributed by atoms with Gasteiger partial charge in [-0.3, -0.25) is 0 Å². The molecule has 1 aliphatic rings. The molecule has 1 fully saturated rings. The minimum absolute atomic E-state index is 0.348. The molecule has 7 heteroatoms. The number of benzene rings is 1. The summed E-state index contributed by atoms with van der Waals surface area (Å²) >= 11 is 3.15. The van der Waals surface area contributed by atoms with Crippen molar-refractivity contribution in [3.8, 4) is 6.07 Å². The number of hydrogen-bond acceptors (Lipinski definition) is 3. The van der Waals surface area contributed by atoms with E-state index >= 15 is 0 Å². The van der Waals surface area contributed by atoms with Crippen LogP contribution in [0.1, 0.15) is 5.56 Å². The first kappa shape index (κ1) is 14.2. The van der Waals surface area contributed by atoms with Gasteiger partial charge in [0.15, 0.2) is 6.10 Å². The van der Waals surface area contributed by atoms with E-state index in [1.807, 2.05) is 11.0 Å². The van der Waals surface area contributed by atoms with Gasteiger partial charge in [0.25, 0.3) is 0 Å². The molecule has 0 spiro atoms. The maximum Gasteiger partial charge on any atom is 0.416 e. The van der Waals surface area contributed by atoms with Gasteiger partial charge in [-0.15, -0.1) is 0 Å². The Hall–Kier alpha value is -1.26. The second-order valence-corrected chi connectivity index (χ2v) is 4.95. The molecule has 0 amide bonds. The highest BCUT2D eigenvalue weighted by Gasteiger charge is 2.31. The van der Waals surface area contributed by atoms with Crippen LogP contribution in [0.4, 0.5) is 18.9 Å². The Labute approximate surface area is 116 Å². The van der Waals surface area contributed by atoms with E-state index in [9.17, 15) is 13.2 Å². The van der Waals surface area contributed by atoms with Crippen molar-refractivity contribution in [2.45, 2.75) is 12.3 Å². The largest absolute Gasteiger partial charge is 0.416 e. The van der Waals surface area contributed by atoms with Crippen molar-refractivity contribution < 1.29 is 17.9 Å². The van der Waals surface area contributed by atoms with Crippen LogP contribution >= 0.6 is 15.9 Å². The lowest BCUT2D eigenvalue weighted by atomic mass is 10.1. The molecule has 1 heterocycles. The van der Waals surface area contributed by atoms with E-state index in [-0.39, 0.29) is 0 Å². The number of nitriles is 1. The van der Waals surface area contributed by atoms with Gasteiger partial charge in [0.1, 0.15) is 0 Å². The van der Waals surface area contributed by atoms with Crippen LogP contribution in [0.3, 0.4) is 0 Å². The van der Waals surface area contributed by atoms with Gasteiger partial charge in [0, 0.05) is 11.0 Å². The molecule has 0 N–H and O–H groups in total. The molecule has 0 radical (unpaired) electrons. The molecule has 102 valence electrons. The third kappa shape index (κ3) is 3.19. The minimum atomic E-state index is -4.36. The quantitative estimate of drug-likeness (QED) is 0.791. The highest BCUT2D eigenvalue weighted by atomic mass is 79.9. The summed E-state index contributed by atoms with van der Waals surface area (Å²) in [5.41, 5.74) is -0.0650. The lowest BCUT2D eigenvalue weighted by Gasteiger charge is -2.32. The molecule has 2 rings (SSSR count). The van der Waals surface area contributed by atoms with Crippen molar-refractivity contribution in [3.63, 3.8) is 0 Å². The number of hydrogen-bond donors (Lipinski definition) is 0. The Bertz CT molecular complexity index is 513. The van der Waals surface area contributed by atoms with E-state index in [0.29, 0.717) is 29.9 Å². The molecule has 19 heavy (non-hydrogen) atoms. The summed E-state index contributed by atoms with van der Waals surface area (Å²) in [7, 11) is 0. The molecule has 3 nitrogen and oxygen atoms in total. The standard InChI is InChI=1S/C12H10BrF3N2O/c13-10-5-8(12(14,15)16)1-2-11(10)18-3-4-19-9(6-17)7-18/h1-2,5,9H,3-4,7H2. The summed E-state index contributed by atoms with van der Waals surface area (Å²) in [4.78, 5) is 1.83. The molecule has 1 unspecified atom stereocenters. The monoisotopic (exact) mass is 334 g/mol. The van der Waals surface area contributed by atoms with E-state index in [2.05, 4.69) is 15.9 Å². The third-order valence-electron chi connectivity index (χ3n) is 2.83. The molecule has 0 aliphatic carbocycles. The van der Waals surface area contributed by atoms with Crippen LogP contribution < -0.4 is 4.90 Å². The Morgan fingerprint density at radius 2 is 2.16 bits per heavy atom. The Morgan fingerprint density at radius 3 is 2.74 bits per heavy atom. The Balaban J connectivity index is 2.24. The van der Waals surface area contributed by atoms with Gasteiger partial charge >= 0.3 is 6.18 Å². The van der Waals surface area contributed by atoms with E-state index in [0.717, 1.165) is 12.1 Å². The van der Waals surface area contributed by atoms with Crippen molar-refractivity contribution in [1.29, 1.82) is 5.26 Å². The molecule has 0 bridgehead atoms. The summed E-state index contributed by atoms with van der Waals surface area (Å²) < 4.78 is 43.2. The van der Waals surface area contributed by atoms with Crippen LogP contribution in [0.5, 0.6) is 0 Å². The molecule has 1 aromatic rings. The van der Waals surface area contributed by atoms with Gasteiger partial charge < -0.3 is 9.64 Å². The second-order valence-electron chi connectivity index (χ2n) is 4.10. The average molecular weight is 335 g/mol.